The number of aliphatic imine (C=N–C) groups is 1. The van der Waals surface area contributed by atoms with Crippen LogP contribution in [0.2, 0.25) is 0 Å². The molecule has 1 heterocycles. The van der Waals surface area contributed by atoms with E-state index in [0.717, 1.165) is 30.4 Å². The van der Waals surface area contributed by atoms with Crippen molar-refractivity contribution in [1.82, 2.24) is 25.0 Å². The van der Waals surface area contributed by atoms with Crippen LogP contribution in [-0.2, 0) is 19.6 Å². The summed E-state index contributed by atoms with van der Waals surface area (Å²) in [6.45, 7) is 7.65. The molecule has 0 unspecified atom stereocenters. The first kappa shape index (κ1) is 21.4. The highest BCUT2D eigenvalue weighted by molar-refractivity contribution is 5.79. The third kappa shape index (κ3) is 6.34. The third-order valence-electron chi connectivity index (χ3n) is 4.56. The van der Waals surface area contributed by atoms with Crippen molar-refractivity contribution in [2.45, 2.75) is 33.5 Å². The molecule has 0 amide bonds. The van der Waals surface area contributed by atoms with E-state index in [9.17, 15) is 0 Å². The van der Waals surface area contributed by atoms with Crippen molar-refractivity contribution in [1.29, 1.82) is 0 Å². The maximum atomic E-state index is 5.52. The van der Waals surface area contributed by atoms with E-state index >= 15 is 0 Å². The molecule has 1 N–H and O–H groups in total. The summed E-state index contributed by atoms with van der Waals surface area (Å²) in [6.07, 6.45) is 3.28. The van der Waals surface area contributed by atoms with Crippen LogP contribution < -0.4 is 10.1 Å². The summed E-state index contributed by atoms with van der Waals surface area (Å²) in [5, 5.41) is 7.56. The van der Waals surface area contributed by atoms with Gasteiger partial charge in [0.15, 0.2) is 5.96 Å². The molecular weight excluding hydrogens is 376 g/mol. The summed E-state index contributed by atoms with van der Waals surface area (Å²) in [6, 6.07) is 16.6. The van der Waals surface area contributed by atoms with E-state index in [1.165, 1.54) is 11.1 Å². The maximum Gasteiger partial charge on any atom is 0.194 e. The molecule has 158 valence electrons. The minimum absolute atomic E-state index is 0.612. The first-order chi connectivity index (χ1) is 14.7. The Kier molecular flexibility index (Phi) is 7.83. The number of nitrogens with zero attached hydrogens (tertiary/aromatic N) is 5. The smallest absolute Gasteiger partial charge is 0.194 e. The van der Waals surface area contributed by atoms with Crippen LogP contribution in [-0.4, -0.2) is 45.8 Å². The highest BCUT2D eigenvalue weighted by Crippen LogP contribution is 2.14. The molecule has 3 aromatic rings. The second-order valence-corrected chi connectivity index (χ2v) is 7.02. The summed E-state index contributed by atoms with van der Waals surface area (Å²) in [4.78, 5) is 11.0. The van der Waals surface area contributed by atoms with Crippen molar-refractivity contribution >= 4 is 5.96 Å². The first-order valence-corrected chi connectivity index (χ1v) is 10.3. The van der Waals surface area contributed by atoms with Gasteiger partial charge in [0.25, 0.3) is 0 Å². The van der Waals surface area contributed by atoms with Gasteiger partial charge in [-0.1, -0.05) is 36.4 Å². The van der Waals surface area contributed by atoms with Crippen molar-refractivity contribution < 1.29 is 4.74 Å². The van der Waals surface area contributed by atoms with Crippen LogP contribution in [0.25, 0.3) is 0 Å². The van der Waals surface area contributed by atoms with E-state index in [4.69, 9.17) is 9.73 Å². The van der Waals surface area contributed by atoms with E-state index in [2.05, 4.69) is 70.7 Å². The average molecular weight is 407 g/mol. The van der Waals surface area contributed by atoms with E-state index in [0.29, 0.717) is 19.7 Å². The van der Waals surface area contributed by atoms with Gasteiger partial charge in [0.1, 0.15) is 18.4 Å². The molecule has 0 bridgehead atoms. The molecule has 0 aliphatic heterocycles. The molecular formula is C23H30N6O. The SMILES string of the molecule is CCNC(=NCc1cccc(Cn2cncn2)c1)N(C)Cc1ccc(OCC)cc1. The topological polar surface area (TPSA) is 67.6 Å². The van der Waals surface area contributed by atoms with Gasteiger partial charge in [-0.25, -0.2) is 14.7 Å². The fourth-order valence-electron chi connectivity index (χ4n) is 3.17. The Hall–Kier alpha value is -3.35. The van der Waals surface area contributed by atoms with Crippen molar-refractivity contribution in [2.24, 2.45) is 4.99 Å². The molecule has 0 fully saturated rings. The van der Waals surface area contributed by atoms with Gasteiger partial charge < -0.3 is 15.0 Å². The van der Waals surface area contributed by atoms with Gasteiger partial charge in [-0.3, -0.25) is 0 Å². The van der Waals surface area contributed by atoms with Gasteiger partial charge >= 0.3 is 0 Å². The van der Waals surface area contributed by atoms with Crippen LogP contribution in [0.15, 0.2) is 66.2 Å². The molecule has 0 aliphatic rings. The van der Waals surface area contributed by atoms with E-state index in [-0.39, 0.29) is 0 Å². The second-order valence-electron chi connectivity index (χ2n) is 7.02. The molecule has 0 radical (unpaired) electrons. The highest BCUT2D eigenvalue weighted by atomic mass is 16.5. The van der Waals surface area contributed by atoms with Crippen molar-refractivity contribution in [3.8, 4) is 5.75 Å². The lowest BCUT2D eigenvalue weighted by Gasteiger charge is -2.22. The number of hydrogen-bond acceptors (Lipinski definition) is 4. The summed E-state index contributed by atoms with van der Waals surface area (Å²) in [5.41, 5.74) is 3.56. The number of rotatable bonds is 9. The predicted octanol–water partition coefficient (Wildman–Crippen LogP) is 3.32. The van der Waals surface area contributed by atoms with Crippen LogP contribution in [0, 0.1) is 0 Å². The van der Waals surface area contributed by atoms with Crippen molar-refractivity contribution in [3.05, 3.63) is 77.9 Å². The van der Waals surface area contributed by atoms with Crippen molar-refractivity contribution in [2.75, 3.05) is 20.2 Å². The Morgan fingerprint density at radius 1 is 1.10 bits per heavy atom. The Labute approximate surface area is 178 Å². The van der Waals surface area contributed by atoms with Crippen LogP contribution in [0.5, 0.6) is 5.75 Å². The number of nitrogens with one attached hydrogen (secondary N) is 1. The zero-order valence-corrected chi connectivity index (χ0v) is 18.0. The Balaban J connectivity index is 1.64. The lowest BCUT2D eigenvalue weighted by atomic mass is 10.1. The minimum Gasteiger partial charge on any atom is -0.494 e. The van der Waals surface area contributed by atoms with Gasteiger partial charge in [0.05, 0.1) is 19.7 Å². The molecule has 0 spiro atoms. The number of aromatic nitrogens is 3. The number of guanidine groups is 1. The molecule has 1 aromatic heterocycles. The first-order valence-electron chi connectivity index (χ1n) is 10.3. The molecule has 0 saturated heterocycles. The minimum atomic E-state index is 0.612. The van der Waals surface area contributed by atoms with Gasteiger partial charge in [0, 0.05) is 20.1 Å². The Morgan fingerprint density at radius 3 is 2.60 bits per heavy atom. The highest BCUT2D eigenvalue weighted by Gasteiger charge is 2.07. The summed E-state index contributed by atoms with van der Waals surface area (Å²) in [5.74, 6) is 1.78. The lowest BCUT2D eigenvalue weighted by Crippen LogP contribution is -2.38. The molecule has 7 nitrogen and oxygen atoms in total. The average Bonchev–Trinajstić information content (AvgIpc) is 3.26. The molecule has 0 saturated carbocycles. The number of benzene rings is 2. The fraction of sp³-hybridized carbons (Fsp3) is 0.348. The summed E-state index contributed by atoms with van der Waals surface area (Å²) in [7, 11) is 2.05. The van der Waals surface area contributed by atoms with Crippen LogP contribution in [0.4, 0.5) is 0 Å². The molecule has 2 aromatic carbocycles. The normalized spacial score (nSPS) is 11.4. The molecule has 7 heteroatoms. The predicted molar refractivity (Wildman–Crippen MR) is 119 cm³/mol. The molecule has 0 atom stereocenters. The molecule has 30 heavy (non-hydrogen) atoms. The van der Waals surface area contributed by atoms with Crippen LogP contribution >= 0.6 is 0 Å². The lowest BCUT2D eigenvalue weighted by molar-refractivity contribution is 0.340. The monoisotopic (exact) mass is 406 g/mol. The third-order valence-corrected chi connectivity index (χ3v) is 4.56. The van der Waals surface area contributed by atoms with Gasteiger partial charge in [-0.2, -0.15) is 5.10 Å². The Morgan fingerprint density at radius 2 is 1.90 bits per heavy atom. The quantitative estimate of drug-likeness (QED) is 0.436. The zero-order valence-electron chi connectivity index (χ0n) is 18.0. The molecule has 3 rings (SSSR count). The summed E-state index contributed by atoms with van der Waals surface area (Å²) >= 11 is 0. The maximum absolute atomic E-state index is 5.52. The van der Waals surface area contributed by atoms with E-state index < -0.39 is 0 Å². The standard InChI is InChI=1S/C23H30N6O/c1-4-25-23(28(3)15-19-9-11-22(12-10-19)30-5-2)26-14-20-7-6-8-21(13-20)16-29-18-24-17-27-29/h6-13,17-18H,4-5,14-16H2,1-3H3,(H,25,26). The number of ether oxygens (including phenoxy) is 1. The summed E-state index contributed by atoms with van der Waals surface area (Å²) < 4.78 is 7.34. The molecule has 0 aliphatic carbocycles. The second kappa shape index (κ2) is 11.0. The van der Waals surface area contributed by atoms with Crippen LogP contribution in [0.3, 0.4) is 0 Å². The Bertz CT molecular complexity index is 921. The van der Waals surface area contributed by atoms with Crippen molar-refractivity contribution in [3.63, 3.8) is 0 Å². The van der Waals surface area contributed by atoms with E-state index in [1.54, 1.807) is 12.7 Å². The van der Waals surface area contributed by atoms with E-state index in [1.807, 2.05) is 23.7 Å². The van der Waals surface area contributed by atoms with Gasteiger partial charge in [0.2, 0.25) is 0 Å². The van der Waals surface area contributed by atoms with Gasteiger partial charge in [-0.05, 0) is 42.7 Å². The largest absolute Gasteiger partial charge is 0.494 e. The zero-order chi connectivity index (χ0) is 21.2. The fourth-order valence-corrected chi connectivity index (χ4v) is 3.17. The number of hydrogen-bond donors (Lipinski definition) is 1. The van der Waals surface area contributed by atoms with Crippen LogP contribution in [0.1, 0.15) is 30.5 Å². The van der Waals surface area contributed by atoms with Gasteiger partial charge in [-0.15, -0.1) is 0 Å².